The number of sulfonamides is 1. The summed E-state index contributed by atoms with van der Waals surface area (Å²) in [5.41, 5.74) is -0.726. The summed E-state index contributed by atoms with van der Waals surface area (Å²) in [6, 6.07) is 0. The van der Waals surface area contributed by atoms with E-state index in [2.05, 4.69) is 16.4 Å². The second kappa shape index (κ2) is 7.38. The van der Waals surface area contributed by atoms with Gasteiger partial charge in [0.25, 0.3) is 0 Å². The van der Waals surface area contributed by atoms with Gasteiger partial charge in [-0.15, -0.1) is 0 Å². The monoisotopic (exact) mass is 307 g/mol. The summed E-state index contributed by atoms with van der Waals surface area (Å²) in [7, 11) is -2.21. The van der Waals surface area contributed by atoms with E-state index in [9.17, 15) is 18.3 Å². The molecule has 2 N–H and O–H groups in total. The molecule has 0 aromatic rings. The number of esters is 1. The van der Waals surface area contributed by atoms with Crippen molar-refractivity contribution in [2.75, 3.05) is 19.5 Å². The van der Waals surface area contributed by atoms with E-state index >= 15 is 0 Å². The van der Waals surface area contributed by atoms with Crippen LogP contribution >= 0.6 is 0 Å². The van der Waals surface area contributed by atoms with Crippen molar-refractivity contribution in [3.8, 4) is 0 Å². The number of carbonyl (C=O) groups is 1. The van der Waals surface area contributed by atoms with Gasteiger partial charge in [-0.05, 0) is 38.0 Å². The number of aliphatic hydroxyl groups excluding tert-OH is 1. The van der Waals surface area contributed by atoms with Crippen molar-refractivity contribution in [2.45, 2.75) is 51.0 Å². The van der Waals surface area contributed by atoms with Gasteiger partial charge in [-0.1, -0.05) is 6.92 Å². The van der Waals surface area contributed by atoms with Crippen LogP contribution in [0.25, 0.3) is 0 Å². The Balaban J connectivity index is 2.53. The van der Waals surface area contributed by atoms with Gasteiger partial charge in [-0.25, -0.2) is 13.1 Å². The number of methoxy groups -OCH3 is 1. The van der Waals surface area contributed by atoms with Gasteiger partial charge in [0, 0.05) is 6.42 Å². The largest absolute Gasteiger partial charge is 0.469 e. The fourth-order valence-corrected chi connectivity index (χ4v) is 4.05. The molecule has 0 saturated heterocycles. The van der Waals surface area contributed by atoms with Crippen LogP contribution in [0.3, 0.4) is 0 Å². The Kier molecular flexibility index (Phi) is 6.42. The number of hydrogen-bond donors (Lipinski definition) is 2. The molecule has 6 nitrogen and oxygen atoms in total. The normalized spacial score (nSPS) is 27.2. The van der Waals surface area contributed by atoms with Crippen LogP contribution in [0.15, 0.2) is 0 Å². The molecule has 0 aromatic heterocycles. The highest BCUT2D eigenvalue weighted by atomic mass is 32.2. The van der Waals surface area contributed by atoms with E-state index in [1.54, 1.807) is 0 Å². The average molecular weight is 307 g/mol. The Morgan fingerprint density at radius 1 is 1.40 bits per heavy atom. The summed E-state index contributed by atoms with van der Waals surface area (Å²) in [6.07, 6.45) is 3.43. The van der Waals surface area contributed by atoms with E-state index in [1.807, 2.05) is 0 Å². The molecule has 0 radical (unpaired) electrons. The molecule has 1 aliphatic carbocycles. The first-order chi connectivity index (χ1) is 9.32. The Hall–Kier alpha value is -0.660. The van der Waals surface area contributed by atoms with Crippen LogP contribution in [0, 0.1) is 5.92 Å². The molecule has 1 aliphatic rings. The lowest BCUT2D eigenvalue weighted by molar-refractivity contribution is -0.140. The zero-order valence-electron chi connectivity index (χ0n) is 12.2. The first-order valence-corrected chi connectivity index (χ1v) is 8.67. The molecule has 0 bridgehead atoms. The Labute approximate surface area is 120 Å². The van der Waals surface area contributed by atoms with E-state index in [0.29, 0.717) is 18.8 Å². The van der Waals surface area contributed by atoms with Crippen molar-refractivity contribution in [1.82, 2.24) is 4.72 Å². The summed E-state index contributed by atoms with van der Waals surface area (Å²) in [5, 5.41) is 9.54. The van der Waals surface area contributed by atoms with Gasteiger partial charge >= 0.3 is 5.97 Å². The molecule has 1 rings (SSSR count). The fraction of sp³-hybridized carbons (Fsp3) is 0.923. The van der Waals surface area contributed by atoms with Crippen LogP contribution in [0.1, 0.15) is 45.4 Å². The predicted molar refractivity (Wildman–Crippen MR) is 75.6 cm³/mol. The lowest BCUT2D eigenvalue weighted by Crippen LogP contribution is -2.53. The molecule has 1 saturated carbocycles. The van der Waals surface area contributed by atoms with Crippen molar-refractivity contribution < 1.29 is 23.1 Å². The van der Waals surface area contributed by atoms with Gasteiger partial charge in [0.1, 0.15) is 0 Å². The number of ether oxygens (including phenoxy) is 1. The van der Waals surface area contributed by atoms with Gasteiger partial charge in [0.2, 0.25) is 10.0 Å². The molecule has 118 valence electrons. The van der Waals surface area contributed by atoms with Gasteiger partial charge < -0.3 is 9.84 Å². The van der Waals surface area contributed by atoms with Crippen LogP contribution < -0.4 is 4.72 Å². The Morgan fingerprint density at radius 3 is 2.50 bits per heavy atom. The molecule has 0 spiro atoms. The molecule has 20 heavy (non-hydrogen) atoms. The Morgan fingerprint density at radius 2 is 2.00 bits per heavy atom. The lowest BCUT2D eigenvalue weighted by atomic mass is 9.78. The van der Waals surface area contributed by atoms with Crippen LogP contribution in [0.2, 0.25) is 0 Å². The second-order valence-corrected chi connectivity index (χ2v) is 7.56. The highest BCUT2D eigenvalue weighted by Gasteiger charge is 2.36. The predicted octanol–water partition coefficient (Wildman–Crippen LogP) is 0.800. The van der Waals surface area contributed by atoms with E-state index in [0.717, 1.165) is 12.8 Å². The summed E-state index contributed by atoms with van der Waals surface area (Å²) >= 11 is 0. The minimum atomic E-state index is -3.49. The zero-order chi connectivity index (χ0) is 15.2. The van der Waals surface area contributed by atoms with Gasteiger partial charge in [0.15, 0.2) is 0 Å². The third-order valence-electron chi connectivity index (χ3n) is 3.93. The zero-order valence-corrected chi connectivity index (χ0v) is 13.0. The topological polar surface area (TPSA) is 92.7 Å². The van der Waals surface area contributed by atoms with Crippen molar-refractivity contribution in [1.29, 1.82) is 0 Å². The van der Waals surface area contributed by atoms with E-state index in [4.69, 9.17) is 0 Å². The SMILES string of the molecule is COC(=O)CCCS(=O)(=O)NC1(CO)CCC(C)CC1. The maximum atomic E-state index is 12.0. The first kappa shape index (κ1) is 17.4. The smallest absolute Gasteiger partial charge is 0.305 e. The number of hydrogen-bond acceptors (Lipinski definition) is 5. The van der Waals surface area contributed by atoms with Crippen LogP contribution in [-0.2, 0) is 19.6 Å². The van der Waals surface area contributed by atoms with Crippen molar-refractivity contribution in [3.63, 3.8) is 0 Å². The van der Waals surface area contributed by atoms with Crippen molar-refractivity contribution >= 4 is 16.0 Å². The highest BCUT2D eigenvalue weighted by molar-refractivity contribution is 7.89. The number of rotatable bonds is 7. The highest BCUT2D eigenvalue weighted by Crippen LogP contribution is 2.32. The molecule has 0 amide bonds. The van der Waals surface area contributed by atoms with Crippen LogP contribution in [0.4, 0.5) is 0 Å². The maximum Gasteiger partial charge on any atom is 0.305 e. The molecule has 0 aromatic carbocycles. The van der Waals surface area contributed by atoms with Crippen LogP contribution in [0.5, 0.6) is 0 Å². The Bertz CT molecular complexity index is 412. The number of aliphatic hydroxyl groups is 1. The maximum absolute atomic E-state index is 12.0. The minimum Gasteiger partial charge on any atom is -0.469 e. The fourth-order valence-electron chi connectivity index (χ4n) is 2.50. The molecule has 0 unspecified atom stereocenters. The number of carbonyl (C=O) groups excluding carboxylic acids is 1. The third-order valence-corrected chi connectivity index (χ3v) is 5.50. The van der Waals surface area contributed by atoms with E-state index < -0.39 is 21.5 Å². The van der Waals surface area contributed by atoms with Crippen molar-refractivity contribution in [3.05, 3.63) is 0 Å². The standard InChI is InChI=1S/C13H25NO5S/c1-11-5-7-13(10-15,8-6-11)14-20(17,18)9-3-4-12(16)19-2/h11,14-15H,3-10H2,1-2H3. The summed E-state index contributed by atoms with van der Waals surface area (Å²) in [5.74, 6) is 0.0291. The molecular weight excluding hydrogens is 282 g/mol. The summed E-state index contributed by atoms with van der Waals surface area (Å²) in [4.78, 5) is 11.0. The number of nitrogens with one attached hydrogen (secondary N) is 1. The average Bonchev–Trinajstić information content (AvgIpc) is 2.41. The first-order valence-electron chi connectivity index (χ1n) is 7.02. The third kappa shape index (κ3) is 5.38. The minimum absolute atomic E-state index is 0.0839. The van der Waals surface area contributed by atoms with Gasteiger partial charge in [0.05, 0.1) is 25.0 Å². The molecule has 0 atom stereocenters. The van der Waals surface area contributed by atoms with Gasteiger partial charge in [-0.3, -0.25) is 4.79 Å². The summed E-state index contributed by atoms with van der Waals surface area (Å²) < 4.78 is 31.2. The second-order valence-electron chi connectivity index (χ2n) is 5.72. The molecule has 7 heteroatoms. The lowest BCUT2D eigenvalue weighted by Gasteiger charge is -2.38. The van der Waals surface area contributed by atoms with Crippen molar-refractivity contribution in [2.24, 2.45) is 5.92 Å². The van der Waals surface area contributed by atoms with E-state index in [1.165, 1.54) is 7.11 Å². The molecule has 0 aliphatic heterocycles. The van der Waals surface area contributed by atoms with E-state index in [-0.39, 0.29) is 25.2 Å². The molecule has 1 fully saturated rings. The molecule has 0 heterocycles. The quantitative estimate of drug-likeness (QED) is 0.679. The van der Waals surface area contributed by atoms with Gasteiger partial charge in [-0.2, -0.15) is 0 Å². The summed E-state index contributed by atoms with van der Waals surface area (Å²) in [6.45, 7) is 1.95. The molecular formula is C13H25NO5S. The van der Waals surface area contributed by atoms with Crippen LogP contribution in [-0.4, -0.2) is 44.5 Å².